The maximum Gasteiger partial charge on any atom is 0.417 e. The van der Waals surface area contributed by atoms with Crippen LogP contribution >= 0.6 is 0 Å². The van der Waals surface area contributed by atoms with Crippen molar-refractivity contribution in [1.82, 2.24) is 10.3 Å². The molecule has 3 saturated heterocycles. The first-order valence-corrected chi connectivity index (χ1v) is 12.0. The zero-order valence-electron chi connectivity index (χ0n) is 20.6. The second kappa shape index (κ2) is 9.16. The van der Waals surface area contributed by atoms with Gasteiger partial charge in [0, 0.05) is 41.9 Å². The van der Waals surface area contributed by atoms with Gasteiger partial charge in [-0.1, -0.05) is 13.0 Å². The summed E-state index contributed by atoms with van der Waals surface area (Å²) in [6, 6.07) is 4.33. The van der Waals surface area contributed by atoms with E-state index in [1.807, 2.05) is 0 Å². The number of carbonyl (C=O) groups excluding carboxylic acids is 2. The van der Waals surface area contributed by atoms with E-state index in [1.165, 1.54) is 30.2 Å². The second-order valence-electron chi connectivity index (χ2n) is 9.89. The molecule has 0 saturated carbocycles. The lowest BCUT2D eigenvalue weighted by Crippen LogP contribution is -2.48. The molecule has 0 unspecified atom stereocenters. The predicted octanol–water partition coefficient (Wildman–Crippen LogP) is 3.52. The molecule has 2 aromatic rings. The molecule has 2 amide bonds. The number of fused-ring (bicyclic) bond motifs is 2. The van der Waals surface area contributed by atoms with Crippen molar-refractivity contribution in [2.75, 3.05) is 23.9 Å². The summed E-state index contributed by atoms with van der Waals surface area (Å²) >= 11 is 0. The van der Waals surface area contributed by atoms with Crippen LogP contribution in [0.4, 0.5) is 33.5 Å². The number of benzene rings is 1. The van der Waals surface area contributed by atoms with E-state index < -0.39 is 53.0 Å². The Hall–Kier alpha value is -3.32. The Bertz CT molecular complexity index is 1290. The quantitative estimate of drug-likeness (QED) is 0.564. The van der Waals surface area contributed by atoms with E-state index in [-0.39, 0.29) is 29.2 Å². The summed E-state index contributed by atoms with van der Waals surface area (Å²) in [5.74, 6) is -6.74. The average Bonchev–Trinajstić information content (AvgIpc) is 3.53. The lowest BCUT2D eigenvalue weighted by atomic mass is 9.77. The SMILES string of the molecule is COc1c([C@H]2[C@H](C(=O)Nc3ccnc(N4C(=O)[C@H]5C[C@@H]4CN5)c3)O[C@@](C)(C(F)(F)F)[C@H]2C)ccc(F)c1F. The van der Waals surface area contributed by atoms with E-state index in [2.05, 4.69) is 15.6 Å². The van der Waals surface area contributed by atoms with Crippen LogP contribution in [0.15, 0.2) is 30.5 Å². The Labute approximate surface area is 214 Å². The van der Waals surface area contributed by atoms with E-state index in [4.69, 9.17) is 9.47 Å². The van der Waals surface area contributed by atoms with E-state index >= 15 is 0 Å². The Morgan fingerprint density at radius 3 is 2.66 bits per heavy atom. The number of nitrogens with one attached hydrogen (secondary N) is 2. The highest BCUT2D eigenvalue weighted by atomic mass is 19.4. The van der Waals surface area contributed by atoms with Gasteiger partial charge in [0.15, 0.2) is 17.2 Å². The molecule has 204 valence electrons. The number of anilines is 2. The fourth-order valence-electron chi connectivity index (χ4n) is 5.63. The molecule has 5 rings (SSSR count). The van der Waals surface area contributed by atoms with Gasteiger partial charge in [-0.05, 0) is 25.5 Å². The molecule has 2 N–H and O–H groups in total. The largest absolute Gasteiger partial charge is 0.493 e. The number of methoxy groups -OCH3 is 1. The summed E-state index contributed by atoms with van der Waals surface area (Å²) in [7, 11) is 1.06. The highest BCUT2D eigenvalue weighted by molar-refractivity contribution is 6.01. The van der Waals surface area contributed by atoms with Crippen LogP contribution in [0.3, 0.4) is 0 Å². The number of hydrogen-bond acceptors (Lipinski definition) is 6. The lowest BCUT2D eigenvalue weighted by Gasteiger charge is -2.32. The molecule has 1 aromatic carbocycles. The lowest BCUT2D eigenvalue weighted by molar-refractivity contribution is -0.272. The molecule has 3 fully saturated rings. The number of halogens is 5. The molecule has 0 aliphatic carbocycles. The molecule has 6 atom stereocenters. The van der Waals surface area contributed by atoms with Gasteiger partial charge in [0.25, 0.3) is 5.91 Å². The van der Waals surface area contributed by atoms with Gasteiger partial charge in [0.05, 0.1) is 19.2 Å². The molecule has 38 heavy (non-hydrogen) atoms. The first-order chi connectivity index (χ1) is 17.9. The highest BCUT2D eigenvalue weighted by Gasteiger charge is 2.66. The van der Waals surface area contributed by atoms with Crippen molar-refractivity contribution >= 4 is 23.3 Å². The van der Waals surface area contributed by atoms with Crippen molar-refractivity contribution in [3.8, 4) is 5.75 Å². The number of hydrogen-bond donors (Lipinski definition) is 2. The Morgan fingerprint density at radius 1 is 1.29 bits per heavy atom. The van der Waals surface area contributed by atoms with Crippen molar-refractivity contribution < 1.29 is 41.0 Å². The van der Waals surface area contributed by atoms with E-state index in [1.54, 1.807) is 0 Å². The van der Waals surface area contributed by atoms with Crippen molar-refractivity contribution in [2.24, 2.45) is 5.92 Å². The smallest absolute Gasteiger partial charge is 0.417 e. The van der Waals surface area contributed by atoms with Gasteiger partial charge in [0.1, 0.15) is 11.9 Å². The van der Waals surface area contributed by atoms with Gasteiger partial charge in [-0.25, -0.2) is 9.37 Å². The fraction of sp³-hybridized carbons (Fsp3) is 0.480. The molecule has 3 aliphatic heterocycles. The van der Waals surface area contributed by atoms with Crippen molar-refractivity contribution in [3.63, 3.8) is 0 Å². The van der Waals surface area contributed by atoms with Gasteiger partial charge in [-0.2, -0.15) is 17.6 Å². The summed E-state index contributed by atoms with van der Waals surface area (Å²) in [5.41, 5.74) is -2.72. The maximum absolute atomic E-state index is 14.5. The summed E-state index contributed by atoms with van der Waals surface area (Å²) in [6.07, 6.45) is -4.62. The van der Waals surface area contributed by atoms with Crippen LogP contribution in [0, 0.1) is 17.6 Å². The third-order valence-corrected chi connectivity index (χ3v) is 7.84. The molecule has 0 spiro atoms. The van der Waals surface area contributed by atoms with Crippen LogP contribution in [0.2, 0.25) is 0 Å². The van der Waals surface area contributed by atoms with Gasteiger partial charge < -0.3 is 20.1 Å². The van der Waals surface area contributed by atoms with E-state index in [9.17, 15) is 31.5 Å². The van der Waals surface area contributed by atoms with Crippen LogP contribution in [0.25, 0.3) is 0 Å². The number of amides is 2. The zero-order chi connectivity index (χ0) is 27.6. The van der Waals surface area contributed by atoms with Crippen LogP contribution in [0.1, 0.15) is 31.7 Å². The third kappa shape index (κ3) is 3.99. The van der Waals surface area contributed by atoms with Crippen LogP contribution in [-0.2, 0) is 14.3 Å². The average molecular weight is 540 g/mol. The molecule has 0 radical (unpaired) electrons. The number of rotatable bonds is 5. The molecule has 2 bridgehead atoms. The summed E-state index contributed by atoms with van der Waals surface area (Å²) in [4.78, 5) is 31.7. The van der Waals surface area contributed by atoms with Gasteiger partial charge >= 0.3 is 6.18 Å². The number of pyridine rings is 1. The Balaban J connectivity index is 1.48. The van der Waals surface area contributed by atoms with Crippen molar-refractivity contribution in [1.29, 1.82) is 0 Å². The molecule has 4 heterocycles. The normalized spacial score (nSPS) is 30.7. The predicted molar refractivity (Wildman–Crippen MR) is 125 cm³/mol. The van der Waals surface area contributed by atoms with E-state index in [0.29, 0.717) is 18.8 Å². The number of piperazine rings is 1. The number of carbonyl (C=O) groups is 2. The molecular formula is C25H25F5N4O4. The van der Waals surface area contributed by atoms with Crippen LogP contribution in [-0.4, -0.2) is 60.4 Å². The first kappa shape index (κ1) is 26.3. The molecule has 1 aromatic heterocycles. The summed E-state index contributed by atoms with van der Waals surface area (Å²) < 4.78 is 81.2. The van der Waals surface area contributed by atoms with Crippen molar-refractivity contribution in [3.05, 3.63) is 47.7 Å². The van der Waals surface area contributed by atoms with Crippen molar-refractivity contribution in [2.45, 2.75) is 56.2 Å². The summed E-state index contributed by atoms with van der Waals surface area (Å²) in [5, 5.41) is 5.64. The zero-order valence-corrected chi connectivity index (χ0v) is 20.6. The molecule has 8 nitrogen and oxygen atoms in total. The molecule has 13 heteroatoms. The van der Waals surface area contributed by atoms with Gasteiger partial charge in [-0.15, -0.1) is 0 Å². The maximum atomic E-state index is 14.5. The molecular weight excluding hydrogens is 515 g/mol. The van der Waals surface area contributed by atoms with Crippen LogP contribution < -0.4 is 20.3 Å². The topological polar surface area (TPSA) is 92.8 Å². The van der Waals surface area contributed by atoms with Crippen LogP contribution in [0.5, 0.6) is 5.75 Å². The van der Waals surface area contributed by atoms with Gasteiger partial charge in [0.2, 0.25) is 11.7 Å². The standard InChI is InChI=1S/C25H25F5N4O4/c1-11-18(14-4-5-15(26)19(27)20(14)37-3)21(38-24(11,2)25(28,29)30)22(35)33-12-6-7-31-17(8-12)34-13-9-16(23(34)36)32-10-13/h4-8,11,13,16,18,21,32H,9-10H2,1-3H3,(H,31,33,35)/t11-,13+,16+,18-,21+,24+/m0/s1. The second-order valence-corrected chi connectivity index (χ2v) is 9.89. The number of nitrogens with zero attached hydrogens (tertiary/aromatic N) is 2. The minimum absolute atomic E-state index is 0.0947. The third-order valence-electron chi connectivity index (χ3n) is 7.84. The monoisotopic (exact) mass is 540 g/mol. The number of aromatic nitrogens is 1. The molecule has 3 aliphatic rings. The minimum atomic E-state index is -4.88. The Morgan fingerprint density at radius 2 is 2.03 bits per heavy atom. The highest BCUT2D eigenvalue weighted by Crippen LogP contribution is 2.55. The minimum Gasteiger partial charge on any atom is -0.493 e. The van der Waals surface area contributed by atoms with E-state index in [0.717, 1.165) is 26.2 Å². The number of ether oxygens (including phenoxy) is 2. The Kier molecular flexibility index (Phi) is 6.33. The number of alkyl halides is 3. The fourth-order valence-corrected chi connectivity index (χ4v) is 5.63. The summed E-state index contributed by atoms with van der Waals surface area (Å²) in [6.45, 7) is 2.64. The van der Waals surface area contributed by atoms with Gasteiger partial charge in [-0.3, -0.25) is 14.5 Å². The first-order valence-electron chi connectivity index (χ1n) is 12.0.